The van der Waals surface area contributed by atoms with Crippen molar-refractivity contribution in [2.75, 3.05) is 59.2 Å². The van der Waals surface area contributed by atoms with Crippen molar-refractivity contribution in [2.24, 2.45) is 5.92 Å². The fourth-order valence-corrected chi connectivity index (χ4v) is 1.79. The highest BCUT2D eigenvalue weighted by atomic mass is 16.5. The van der Waals surface area contributed by atoms with Crippen molar-refractivity contribution in [1.82, 2.24) is 10.2 Å². The number of hydrogen-bond donors (Lipinski definition) is 2. The molecule has 1 amide bonds. The first-order chi connectivity index (χ1) is 8.74. The smallest absolute Gasteiger partial charge is 0.219 e. The van der Waals surface area contributed by atoms with E-state index in [-0.39, 0.29) is 12.5 Å². The number of hydrogen-bond acceptors (Lipinski definition) is 5. The van der Waals surface area contributed by atoms with Crippen molar-refractivity contribution in [2.45, 2.75) is 6.92 Å². The van der Waals surface area contributed by atoms with Crippen LogP contribution in [0.15, 0.2) is 0 Å². The molecule has 18 heavy (non-hydrogen) atoms. The molecule has 1 saturated heterocycles. The first kappa shape index (κ1) is 15.4. The molecule has 1 aliphatic heterocycles. The van der Waals surface area contributed by atoms with Gasteiger partial charge in [0.25, 0.3) is 0 Å². The molecular weight excluding hydrogens is 236 g/mol. The minimum absolute atomic E-state index is 0.0558. The van der Waals surface area contributed by atoms with Crippen LogP contribution in [0.4, 0.5) is 0 Å². The summed E-state index contributed by atoms with van der Waals surface area (Å²) in [6, 6.07) is 0. The van der Waals surface area contributed by atoms with Gasteiger partial charge in [-0.1, -0.05) is 0 Å². The zero-order chi connectivity index (χ0) is 13.2. The normalized spacial score (nSPS) is 15.8. The van der Waals surface area contributed by atoms with E-state index in [0.717, 1.165) is 26.2 Å². The molecule has 1 fully saturated rings. The first-order valence-electron chi connectivity index (χ1n) is 6.46. The van der Waals surface area contributed by atoms with Gasteiger partial charge in [0, 0.05) is 39.0 Å². The molecule has 0 aromatic carbocycles. The molecule has 0 spiro atoms. The molecule has 0 radical (unpaired) electrons. The van der Waals surface area contributed by atoms with Gasteiger partial charge in [-0.15, -0.1) is 0 Å². The summed E-state index contributed by atoms with van der Waals surface area (Å²) < 4.78 is 10.4. The average Bonchev–Trinajstić information content (AvgIpc) is 2.28. The number of nitrogens with one attached hydrogen (secondary N) is 1. The Morgan fingerprint density at radius 3 is 2.56 bits per heavy atom. The van der Waals surface area contributed by atoms with Crippen LogP contribution >= 0.6 is 0 Å². The molecule has 6 nitrogen and oxygen atoms in total. The summed E-state index contributed by atoms with van der Waals surface area (Å²) in [5.74, 6) is 0.749. The molecule has 0 aromatic heterocycles. The van der Waals surface area contributed by atoms with E-state index in [2.05, 4.69) is 5.32 Å². The number of nitrogens with zero attached hydrogens (tertiary/aromatic N) is 1. The van der Waals surface area contributed by atoms with Crippen molar-refractivity contribution >= 4 is 5.91 Å². The van der Waals surface area contributed by atoms with Crippen LogP contribution in [-0.2, 0) is 14.3 Å². The van der Waals surface area contributed by atoms with Crippen molar-refractivity contribution in [3.63, 3.8) is 0 Å². The SMILES string of the molecule is CC(=O)N1CC(CNCCOCCOCCO)C1. The Hall–Kier alpha value is -0.690. The molecule has 2 N–H and O–H groups in total. The monoisotopic (exact) mass is 260 g/mol. The van der Waals surface area contributed by atoms with E-state index in [1.807, 2.05) is 4.90 Å². The van der Waals surface area contributed by atoms with Crippen LogP contribution in [0.5, 0.6) is 0 Å². The lowest BCUT2D eigenvalue weighted by atomic mass is 10.0. The van der Waals surface area contributed by atoms with Gasteiger partial charge < -0.3 is 24.8 Å². The first-order valence-corrected chi connectivity index (χ1v) is 6.46. The molecular formula is C12H24N2O4. The summed E-state index contributed by atoms with van der Waals surface area (Å²) >= 11 is 0. The van der Waals surface area contributed by atoms with E-state index >= 15 is 0 Å². The second-order valence-corrected chi connectivity index (χ2v) is 4.44. The molecule has 106 valence electrons. The van der Waals surface area contributed by atoms with E-state index in [4.69, 9.17) is 14.6 Å². The number of aliphatic hydroxyl groups excluding tert-OH is 1. The molecule has 0 unspecified atom stereocenters. The van der Waals surface area contributed by atoms with Crippen LogP contribution in [-0.4, -0.2) is 75.1 Å². The van der Waals surface area contributed by atoms with Crippen molar-refractivity contribution < 1.29 is 19.4 Å². The molecule has 0 aliphatic carbocycles. The van der Waals surface area contributed by atoms with Crippen LogP contribution in [0, 0.1) is 5.92 Å². The summed E-state index contributed by atoms with van der Waals surface area (Å²) in [4.78, 5) is 12.8. The molecule has 0 saturated carbocycles. The number of ether oxygens (including phenoxy) is 2. The van der Waals surface area contributed by atoms with Gasteiger partial charge in [0.2, 0.25) is 5.91 Å². The summed E-state index contributed by atoms with van der Waals surface area (Å²) in [6.45, 7) is 7.28. The van der Waals surface area contributed by atoms with Gasteiger partial charge in [-0.05, 0) is 0 Å². The van der Waals surface area contributed by atoms with Crippen molar-refractivity contribution in [3.05, 3.63) is 0 Å². The maximum absolute atomic E-state index is 11.0. The molecule has 0 bridgehead atoms. The predicted molar refractivity (Wildman–Crippen MR) is 67.3 cm³/mol. The second-order valence-electron chi connectivity index (χ2n) is 4.44. The standard InChI is InChI=1S/C12H24N2O4/c1-11(16)14-9-12(10-14)8-13-2-4-17-6-7-18-5-3-15/h12-13,15H,2-10H2,1H3. The number of amides is 1. The van der Waals surface area contributed by atoms with E-state index in [1.54, 1.807) is 6.92 Å². The van der Waals surface area contributed by atoms with Crippen LogP contribution in [0.3, 0.4) is 0 Å². The Morgan fingerprint density at radius 1 is 1.28 bits per heavy atom. The fourth-order valence-electron chi connectivity index (χ4n) is 1.79. The fraction of sp³-hybridized carbons (Fsp3) is 0.917. The third-order valence-corrected chi connectivity index (χ3v) is 2.87. The van der Waals surface area contributed by atoms with Gasteiger partial charge in [-0.3, -0.25) is 4.79 Å². The van der Waals surface area contributed by atoms with Gasteiger partial charge >= 0.3 is 0 Å². The quantitative estimate of drug-likeness (QED) is 0.497. The Balaban J connectivity index is 1.76. The average molecular weight is 260 g/mol. The third-order valence-electron chi connectivity index (χ3n) is 2.87. The third kappa shape index (κ3) is 6.30. The number of likely N-dealkylation sites (tertiary alicyclic amines) is 1. The van der Waals surface area contributed by atoms with Gasteiger partial charge in [0.15, 0.2) is 0 Å². The van der Waals surface area contributed by atoms with Crippen LogP contribution in [0.2, 0.25) is 0 Å². The highest BCUT2D eigenvalue weighted by Crippen LogP contribution is 2.13. The Kier molecular flexibility index (Phi) is 7.91. The minimum atomic E-state index is 0.0558. The summed E-state index contributed by atoms with van der Waals surface area (Å²) in [5.41, 5.74) is 0. The largest absolute Gasteiger partial charge is 0.394 e. The summed E-state index contributed by atoms with van der Waals surface area (Å²) in [6.07, 6.45) is 0. The molecule has 1 heterocycles. The maximum atomic E-state index is 11.0. The number of carbonyl (C=O) groups excluding carboxylic acids is 1. The topological polar surface area (TPSA) is 71.0 Å². The highest BCUT2D eigenvalue weighted by Gasteiger charge is 2.27. The lowest BCUT2D eigenvalue weighted by Gasteiger charge is -2.38. The lowest BCUT2D eigenvalue weighted by molar-refractivity contribution is -0.134. The molecule has 6 heteroatoms. The number of rotatable bonds is 10. The van der Waals surface area contributed by atoms with Gasteiger partial charge in [-0.25, -0.2) is 0 Å². The Bertz CT molecular complexity index is 232. The summed E-state index contributed by atoms with van der Waals surface area (Å²) in [7, 11) is 0. The molecule has 0 atom stereocenters. The Labute approximate surface area is 108 Å². The number of aliphatic hydroxyl groups is 1. The maximum Gasteiger partial charge on any atom is 0.219 e. The van der Waals surface area contributed by atoms with E-state index in [1.165, 1.54) is 0 Å². The minimum Gasteiger partial charge on any atom is -0.394 e. The van der Waals surface area contributed by atoms with Crippen LogP contribution in [0.1, 0.15) is 6.92 Å². The van der Waals surface area contributed by atoms with Gasteiger partial charge in [0.1, 0.15) is 0 Å². The van der Waals surface area contributed by atoms with Gasteiger partial charge in [-0.2, -0.15) is 0 Å². The summed E-state index contributed by atoms with van der Waals surface area (Å²) in [5, 5.41) is 11.8. The van der Waals surface area contributed by atoms with Crippen LogP contribution < -0.4 is 5.32 Å². The van der Waals surface area contributed by atoms with Crippen LogP contribution in [0.25, 0.3) is 0 Å². The van der Waals surface area contributed by atoms with Crippen molar-refractivity contribution in [1.29, 1.82) is 0 Å². The molecule has 1 rings (SSSR count). The zero-order valence-corrected chi connectivity index (χ0v) is 11.1. The lowest BCUT2D eigenvalue weighted by Crippen LogP contribution is -2.52. The second kappa shape index (κ2) is 9.27. The van der Waals surface area contributed by atoms with E-state index < -0.39 is 0 Å². The van der Waals surface area contributed by atoms with Crippen molar-refractivity contribution in [3.8, 4) is 0 Å². The predicted octanol–water partition coefficient (Wildman–Crippen LogP) is -0.920. The van der Waals surface area contributed by atoms with Gasteiger partial charge in [0.05, 0.1) is 33.0 Å². The Morgan fingerprint density at radius 2 is 1.94 bits per heavy atom. The molecule has 0 aromatic rings. The molecule has 1 aliphatic rings. The zero-order valence-electron chi connectivity index (χ0n) is 11.1. The highest BCUT2D eigenvalue weighted by molar-refractivity contribution is 5.74. The number of carbonyl (C=O) groups is 1. The van der Waals surface area contributed by atoms with E-state index in [0.29, 0.717) is 32.3 Å². The van der Waals surface area contributed by atoms with E-state index in [9.17, 15) is 4.79 Å².